The molecule has 1 amide bonds. The van der Waals surface area contributed by atoms with Crippen LogP contribution in [0.2, 0.25) is 0 Å². The predicted molar refractivity (Wildman–Crippen MR) is 141 cm³/mol. The number of carbonyl (C=O) groups is 1. The average molecular weight is 492 g/mol. The molecule has 3 aromatic rings. The second-order valence-electron chi connectivity index (χ2n) is 10.3. The third-order valence-electron chi connectivity index (χ3n) is 6.65. The van der Waals surface area contributed by atoms with Crippen molar-refractivity contribution in [3.63, 3.8) is 0 Å². The number of amides is 1. The van der Waals surface area contributed by atoms with Crippen molar-refractivity contribution >= 4 is 29.2 Å². The normalized spacial score (nSPS) is 17.1. The second-order valence-corrected chi connectivity index (χ2v) is 10.3. The lowest BCUT2D eigenvalue weighted by Crippen LogP contribution is -2.27. The molecule has 190 valence electrons. The Morgan fingerprint density at radius 2 is 1.86 bits per heavy atom. The number of hydrogen-bond donors (Lipinski definition) is 3. The Kier molecular flexibility index (Phi) is 6.34. The Bertz CT molecular complexity index is 1290. The molecule has 2 aromatic heterocycles. The third kappa shape index (κ3) is 5.46. The predicted octanol–water partition coefficient (Wildman–Crippen LogP) is 4.73. The summed E-state index contributed by atoms with van der Waals surface area (Å²) in [5, 5.41) is 9.36. The molecule has 3 N–H and O–H groups in total. The Labute approximate surface area is 212 Å². The lowest BCUT2D eigenvalue weighted by atomic mass is 10.1. The van der Waals surface area contributed by atoms with Gasteiger partial charge in [0, 0.05) is 25.4 Å². The van der Waals surface area contributed by atoms with Crippen LogP contribution in [-0.4, -0.2) is 51.9 Å². The van der Waals surface area contributed by atoms with Gasteiger partial charge in [0.2, 0.25) is 5.95 Å². The molecule has 0 bridgehead atoms. The van der Waals surface area contributed by atoms with Crippen molar-refractivity contribution in [3.8, 4) is 0 Å². The largest absolute Gasteiger partial charge is 0.349 e. The summed E-state index contributed by atoms with van der Waals surface area (Å²) in [7, 11) is 4.22. The van der Waals surface area contributed by atoms with Crippen molar-refractivity contribution in [1.82, 2.24) is 25.2 Å². The van der Waals surface area contributed by atoms with E-state index in [4.69, 9.17) is 0 Å². The number of carbonyl (C=O) groups excluding carboxylic acids is 1. The molecule has 5 rings (SSSR count). The van der Waals surface area contributed by atoms with Crippen LogP contribution in [0.1, 0.15) is 55.3 Å². The number of likely N-dealkylation sites (N-methyl/N-ethyl adjacent to an activating group) is 1. The summed E-state index contributed by atoms with van der Waals surface area (Å²) in [4.78, 5) is 28.5. The number of halogens is 1. The molecule has 0 radical (unpaired) electrons. The molecule has 1 fully saturated rings. The van der Waals surface area contributed by atoms with Gasteiger partial charge in [0.05, 0.1) is 5.69 Å². The smallest absolute Gasteiger partial charge is 0.256 e. The molecule has 1 unspecified atom stereocenters. The summed E-state index contributed by atoms with van der Waals surface area (Å²) in [5.74, 6) is 0.807. The fourth-order valence-corrected chi connectivity index (χ4v) is 4.32. The molecular formula is C27H34FN7O. The number of alkyl halides is 1. The van der Waals surface area contributed by atoms with Gasteiger partial charge in [-0.3, -0.25) is 4.79 Å². The molecule has 9 heteroatoms. The zero-order chi connectivity index (χ0) is 25.4. The van der Waals surface area contributed by atoms with Gasteiger partial charge in [-0.25, -0.2) is 14.4 Å². The highest BCUT2D eigenvalue weighted by molar-refractivity contribution is 5.99. The van der Waals surface area contributed by atoms with Crippen molar-refractivity contribution < 1.29 is 10.6 Å². The monoisotopic (exact) mass is 491 g/mol. The van der Waals surface area contributed by atoms with Gasteiger partial charge in [-0.15, -0.1) is 0 Å². The Hall–Kier alpha value is -3.59. The summed E-state index contributed by atoms with van der Waals surface area (Å²) in [6.45, 7) is 2.91. The van der Waals surface area contributed by atoms with Crippen LogP contribution >= 0.6 is 0 Å². The van der Waals surface area contributed by atoms with Crippen LogP contribution in [0.5, 0.6) is 0 Å². The summed E-state index contributed by atoms with van der Waals surface area (Å²) in [6, 6.07) is 12.1. The number of nitrogens with zero attached hydrogens (tertiary/aromatic N) is 4. The van der Waals surface area contributed by atoms with E-state index < -0.39 is 5.67 Å². The molecule has 0 spiro atoms. The molecule has 0 saturated heterocycles. The van der Waals surface area contributed by atoms with Gasteiger partial charge in [0.25, 0.3) is 5.91 Å². The first-order chi connectivity index (χ1) is 17.2. The second kappa shape index (κ2) is 9.46. The number of pyridine rings is 1. The Morgan fingerprint density at radius 1 is 1.08 bits per heavy atom. The van der Waals surface area contributed by atoms with E-state index in [1.54, 1.807) is 18.2 Å². The van der Waals surface area contributed by atoms with Gasteiger partial charge >= 0.3 is 0 Å². The Morgan fingerprint density at radius 3 is 2.58 bits per heavy atom. The number of benzene rings is 1. The minimum atomic E-state index is -1.60. The fraction of sp³-hybridized carbons (Fsp3) is 0.407. The maximum Gasteiger partial charge on any atom is 0.256 e. The van der Waals surface area contributed by atoms with Gasteiger partial charge in [-0.05, 0) is 89.0 Å². The van der Waals surface area contributed by atoms with Crippen LogP contribution < -0.4 is 16.0 Å². The molecule has 2 heterocycles. The molecular weight excluding hydrogens is 457 g/mol. The van der Waals surface area contributed by atoms with Crippen LogP contribution in [0.25, 0.3) is 0 Å². The van der Waals surface area contributed by atoms with Gasteiger partial charge in [-0.1, -0.05) is 12.1 Å². The van der Waals surface area contributed by atoms with Crippen molar-refractivity contribution in [2.75, 3.05) is 24.7 Å². The zero-order valence-electron chi connectivity index (χ0n) is 21.1. The van der Waals surface area contributed by atoms with E-state index in [0.29, 0.717) is 29.2 Å². The van der Waals surface area contributed by atoms with Crippen LogP contribution in [0.4, 0.5) is 27.7 Å². The van der Waals surface area contributed by atoms with Crippen molar-refractivity contribution in [2.45, 2.75) is 57.3 Å². The zero-order valence-corrected chi connectivity index (χ0v) is 21.1. The van der Waals surface area contributed by atoms with Crippen molar-refractivity contribution in [2.24, 2.45) is 0 Å². The topological polar surface area (TPSA) is 95.1 Å². The van der Waals surface area contributed by atoms with Gasteiger partial charge in [0.15, 0.2) is 0 Å². The van der Waals surface area contributed by atoms with Gasteiger partial charge in [-0.2, -0.15) is 4.98 Å². The van der Waals surface area contributed by atoms with Gasteiger partial charge in [0.1, 0.15) is 22.9 Å². The number of aromatic nitrogens is 3. The standard InChI is InChI=1S/C27H32FN7O.H2/c1-27(2,28)22-6-5-7-23(32-22)33-24-21(25(36)30-18-10-11-18)15-29-26(34-24)31-19-9-8-16-13-20(35(3)4)14-17(16)12-19;/h5-9,12,15,18,20H,10-11,13-14H2,1-4H3,(H,30,36)(H2,29,31,32,33,34);1H. The van der Waals surface area contributed by atoms with E-state index in [-0.39, 0.29) is 19.1 Å². The fourth-order valence-electron chi connectivity index (χ4n) is 4.32. The average Bonchev–Trinajstić information content (AvgIpc) is 3.53. The lowest BCUT2D eigenvalue weighted by molar-refractivity contribution is 0.0951. The molecule has 1 saturated carbocycles. The first-order valence-electron chi connectivity index (χ1n) is 12.3. The first kappa shape index (κ1) is 24.1. The molecule has 1 aromatic carbocycles. The quantitative estimate of drug-likeness (QED) is 0.419. The number of nitrogens with one attached hydrogen (secondary N) is 3. The molecule has 2 aliphatic carbocycles. The van der Waals surface area contributed by atoms with Crippen LogP contribution in [0.15, 0.2) is 42.6 Å². The summed E-state index contributed by atoms with van der Waals surface area (Å²) < 4.78 is 14.5. The molecule has 8 nitrogen and oxygen atoms in total. The molecule has 0 aliphatic heterocycles. The van der Waals surface area contributed by atoms with E-state index in [2.05, 4.69) is 62.0 Å². The maximum atomic E-state index is 14.5. The lowest BCUT2D eigenvalue weighted by Gasteiger charge is -2.17. The van der Waals surface area contributed by atoms with Crippen molar-refractivity contribution in [3.05, 3.63) is 65.0 Å². The number of anilines is 4. The first-order valence-corrected chi connectivity index (χ1v) is 12.3. The van der Waals surface area contributed by atoms with E-state index in [9.17, 15) is 9.18 Å². The maximum absolute atomic E-state index is 14.5. The summed E-state index contributed by atoms with van der Waals surface area (Å²) >= 11 is 0. The van der Waals surface area contributed by atoms with E-state index in [0.717, 1.165) is 31.4 Å². The Balaban J connectivity index is 0.00000320. The van der Waals surface area contributed by atoms with Crippen LogP contribution in [-0.2, 0) is 18.5 Å². The molecule has 2 aliphatic rings. The van der Waals surface area contributed by atoms with E-state index >= 15 is 0 Å². The highest BCUT2D eigenvalue weighted by Gasteiger charge is 2.27. The summed E-state index contributed by atoms with van der Waals surface area (Å²) in [6.07, 6.45) is 5.49. The third-order valence-corrected chi connectivity index (χ3v) is 6.65. The van der Waals surface area contributed by atoms with Gasteiger partial charge < -0.3 is 20.9 Å². The SMILES string of the molecule is CN(C)C1Cc2ccc(Nc3ncc(C(=O)NC4CC4)c(Nc4cccc(C(C)(C)F)n4)n3)cc2C1.[HH]. The number of rotatable bonds is 8. The minimum Gasteiger partial charge on any atom is -0.349 e. The van der Waals surface area contributed by atoms with E-state index in [1.165, 1.54) is 31.2 Å². The van der Waals surface area contributed by atoms with Crippen molar-refractivity contribution in [1.29, 1.82) is 0 Å². The van der Waals surface area contributed by atoms with Crippen LogP contribution in [0.3, 0.4) is 0 Å². The van der Waals surface area contributed by atoms with E-state index in [1.807, 2.05) is 6.07 Å². The molecule has 36 heavy (non-hydrogen) atoms. The number of hydrogen-bond acceptors (Lipinski definition) is 7. The molecule has 1 atom stereocenters. The summed E-state index contributed by atoms with van der Waals surface area (Å²) in [5.41, 5.74) is 2.55. The number of fused-ring (bicyclic) bond motifs is 1. The minimum absolute atomic E-state index is 0. The van der Waals surface area contributed by atoms with Crippen LogP contribution in [0, 0.1) is 0 Å². The highest BCUT2D eigenvalue weighted by Crippen LogP contribution is 2.30. The highest BCUT2D eigenvalue weighted by atomic mass is 19.1.